The molecule has 0 saturated heterocycles. The van der Waals surface area contributed by atoms with Crippen LogP contribution in [0.3, 0.4) is 0 Å². The van der Waals surface area contributed by atoms with E-state index in [2.05, 4.69) is 49.2 Å². The van der Waals surface area contributed by atoms with Gasteiger partial charge in [0, 0.05) is 50.9 Å². The van der Waals surface area contributed by atoms with Gasteiger partial charge in [0.2, 0.25) is 0 Å². The summed E-state index contributed by atoms with van der Waals surface area (Å²) in [6, 6.07) is 5.98. The first-order valence-electron chi connectivity index (χ1n) is 8.62. The van der Waals surface area contributed by atoms with Crippen molar-refractivity contribution in [1.29, 1.82) is 0 Å². The van der Waals surface area contributed by atoms with Crippen LogP contribution in [0.25, 0.3) is 0 Å². The number of nitrogens with zero attached hydrogens (tertiary/aromatic N) is 5. The number of aromatic nitrogens is 4. The fourth-order valence-electron chi connectivity index (χ4n) is 2.29. The van der Waals surface area contributed by atoms with E-state index in [1.807, 2.05) is 24.4 Å². The summed E-state index contributed by atoms with van der Waals surface area (Å²) >= 11 is 0. The third kappa shape index (κ3) is 5.98. The molecule has 7 nitrogen and oxygen atoms in total. The van der Waals surface area contributed by atoms with Crippen molar-refractivity contribution in [2.24, 2.45) is 4.99 Å². The topological polar surface area (TPSA) is 80.0 Å². The Morgan fingerprint density at radius 2 is 2.08 bits per heavy atom. The first kappa shape index (κ1) is 17.9. The Bertz CT molecular complexity index is 606. The minimum Gasteiger partial charge on any atom is -0.356 e. The van der Waals surface area contributed by atoms with Crippen LogP contribution in [0.2, 0.25) is 0 Å². The normalized spacial score (nSPS) is 11.5. The maximum Gasteiger partial charge on any atom is 0.191 e. The fraction of sp³-hybridized carbons (Fsp3) is 0.529. The van der Waals surface area contributed by atoms with Crippen molar-refractivity contribution in [3.8, 4) is 0 Å². The lowest BCUT2D eigenvalue weighted by Gasteiger charge is -2.13. The number of aliphatic imine (C=N–C) groups is 1. The van der Waals surface area contributed by atoms with Gasteiger partial charge in [0.1, 0.15) is 12.2 Å². The van der Waals surface area contributed by atoms with Crippen molar-refractivity contribution in [2.75, 3.05) is 19.6 Å². The molecule has 0 spiro atoms. The number of rotatable bonds is 9. The molecule has 24 heavy (non-hydrogen) atoms. The van der Waals surface area contributed by atoms with E-state index in [1.54, 1.807) is 6.33 Å². The van der Waals surface area contributed by atoms with Crippen LogP contribution in [0.1, 0.15) is 31.8 Å². The Kier molecular flexibility index (Phi) is 7.73. The Morgan fingerprint density at radius 1 is 1.21 bits per heavy atom. The molecule has 0 aliphatic heterocycles. The van der Waals surface area contributed by atoms with Crippen molar-refractivity contribution in [3.05, 3.63) is 42.2 Å². The molecule has 0 aromatic carbocycles. The van der Waals surface area contributed by atoms with E-state index < -0.39 is 0 Å². The second kappa shape index (κ2) is 10.4. The largest absolute Gasteiger partial charge is 0.356 e. The highest BCUT2D eigenvalue weighted by atomic mass is 15.3. The first-order valence-corrected chi connectivity index (χ1v) is 8.62. The van der Waals surface area contributed by atoms with Crippen molar-refractivity contribution in [3.63, 3.8) is 0 Å². The van der Waals surface area contributed by atoms with Gasteiger partial charge in [-0.05, 0) is 18.6 Å². The molecule has 2 heterocycles. The van der Waals surface area contributed by atoms with Crippen LogP contribution in [0, 0.1) is 0 Å². The van der Waals surface area contributed by atoms with E-state index in [1.165, 1.54) is 0 Å². The molecular formula is C17H27N7. The Labute approximate surface area is 143 Å². The second-order valence-electron chi connectivity index (χ2n) is 5.45. The maximum atomic E-state index is 4.57. The predicted molar refractivity (Wildman–Crippen MR) is 95.9 cm³/mol. The van der Waals surface area contributed by atoms with Crippen LogP contribution in [-0.2, 0) is 19.4 Å². The van der Waals surface area contributed by atoms with E-state index >= 15 is 0 Å². The van der Waals surface area contributed by atoms with Gasteiger partial charge in [-0.15, -0.1) is 10.2 Å². The molecule has 0 radical (unpaired) electrons. The van der Waals surface area contributed by atoms with Crippen LogP contribution in [0.5, 0.6) is 0 Å². The number of hydrogen-bond acceptors (Lipinski definition) is 4. The quantitative estimate of drug-likeness (QED) is 0.537. The molecule has 0 unspecified atom stereocenters. The Hall–Kier alpha value is -2.44. The Balaban J connectivity index is 1.77. The zero-order valence-corrected chi connectivity index (χ0v) is 14.6. The highest BCUT2D eigenvalue weighted by Gasteiger charge is 2.03. The van der Waals surface area contributed by atoms with E-state index in [9.17, 15) is 0 Å². The average molecular weight is 329 g/mol. The number of hydrogen-bond donors (Lipinski definition) is 2. The van der Waals surface area contributed by atoms with Gasteiger partial charge in [-0.2, -0.15) is 0 Å². The molecule has 0 amide bonds. The van der Waals surface area contributed by atoms with Gasteiger partial charge in [0.15, 0.2) is 5.96 Å². The molecule has 0 bridgehead atoms. The number of aryl methyl sites for hydroxylation is 1. The number of guanidine groups is 1. The summed E-state index contributed by atoms with van der Waals surface area (Å²) in [7, 11) is 0. The van der Waals surface area contributed by atoms with Crippen LogP contribution in [0.4, 0.5) is 0 Å². The lowest BCUT2D eigenvalue weighted by Crippen LogP contribution is -2.40. The van der Waals surface area contributed by atoms with Gasteiger partial charge < -0.3 is 15.2 Å². The van der Waals surface area contributed by atoms with Gasteiger partial charge in [0.05, 0.1) is 0 Å². The molecule has 0 aliphatic carbocycles. The SMILES string of the molecule is CCCN=C(NCCc1ccccn1)NCCn1cnnc1CC. The van der Waals surface area contributed by atoms with Gasteiger partial charge in [-0.25, -0.2) is 0 Å². The summed E-state index contributed by atoms with van der Waals surface area (Å²) in [5.41, 5.74) is 1.08. The van der Waals surface area contributed by atoms with E-state index in [0.717, 1.165) is 62.9 Å². The molecule has 2 N–H and O–H groups in total. The fourth-order valence-corrected chi connectivity index (χ4v) is 2.29. The smallest absolute Gasteiger partial charge is 0.191 e. The average Bonchev–Trinajstić information content (AvgIpc) is 3.07. The zero-order chi connectivity index (χ0) is 17.0. The highest BCUT2D eigenvalue weighted by molar-refractivity contribution is 5.79. The summed E-state index contributed by atoms with van der Waals surface area (Å²) in [5, 5.41) is 14.8. The van der Waals surface area contributed by atoms with Crippen molar-refractivity contribution >= 4 is 5.96 Å². The highest BCUT2D eigenvalue weighted by Crippen LogP contribution is 1.95. The molecule has 0 fully saturated rings. The third-order valence-electron chi connectivity index (χ3n) is 3.55. The standard InChI is InChI=1S/C17H27N7/c1-3-9-19-17(20-11-8-15-7-5-6-10-18-15)21-12-13-24-14-22-23-16(24)4-2/h5-7,10,14H,3-4,8-9,11-13H2,1-2H3,(H2,19,20,21). The molecule has 2 rings (SSSR count). The summed E-state index contributed by atoms with van der Waals surface area (Å²) in [6.45, 7) is 7.43. The minimum absolute atomic E-state index is 0.782. The lowest BCUT2D eigenvalue weighted by atomic mass is 10.3. The summed E-state index contributed by atoms with van der Waals surface area (Å²) in [4.78, 5) is 8.90. The molecule has 0 aliphatic rings. The van der Waals surface area contributed by atoms with Crippen LogP contribution >= 0.6 is 0 Å². The zero-order valence-electron chi connectivity index (χ0n) is 14.6. The summed E-state index contributed by atoms with van der Waals surface area (Å²) < 4.78 is 2.07. The number of nitrogens with one attached hydrogen (secondary N) is 2. The van der Waals surface area contributed by atoms with Gasteiger partial charge in [0.25, 0.3) is 0 Å². The molecule has 7 heteroatoms. The number of pyridine rings is 1. The first-order chi connectivity index (χ1) is 11.8. The maximum absolute atomic E-state index is 4.57. The molecule has 2 aromatic heterocycles. The molecule has 130 valence electrons. The lowest BCUT2D eigenvalue weighted by molar-refractivity contribution is 0.631. The predicted octanol–water partition coefficient (Wildman–Crippen LogP) is 1.42. The van der Waals surface area contributed by atoms with E-state index in [-0.39, 0.29) is 0 Å². The van der Waals surface area contributed by atoms with Gasteiger partial charge in [-0.1, -0.05) is 19.9 Å². The van der Waals surface area contributed by atoms with Crippen LogP contribution in [-0.4, -0.2) is 45.3 Å². The molecule has 2 aromatic rings. The van der Waals surface area contributed by atoms with E-state index in [0.29, 0.717) is 0 Å². The molecular weight excluding hydrogens is 302 g/mol. The van der Waals surface area contributed by atoms with Crippen LogP contribution in [0.15, 0.2) is 35.7 Å². The second-order valence-corrected chi connectivity index (χ2v) is 5.45. The Morgan fingerprint density at radius 3 is 2.83 bits per heavy atom. The molecule has 0 atom stereocenters. The minimum atomic E-state index is 0.782. The summed E-state index contributed by atoms with van der Waals surface area (Å²) in [5.74, 6) is 1.85. The van der Waals surface area contributed by atoms with Crippen molar-refractivity contribution in [2.45, 2.75) is 39.7 Å². The van der Waals surface area contributed by atoms with Gasteiger partial charge in [-0.3, -0.25) is 9.98 Å². The van der Waals surface area contributed by atoms with E-state index in [4.69, 9.17) is 0 Å². The van der Waals surface area contributed by atoms with Crippen LogP contribution < -0.4 is 10.6 Å². The monoisotopic (exact) mass is 329 g/mol. The van der Waals surface area contributed by atoms with Crippen molar-refractivity contribution < 1.29 is 0 Å². The third-order valence-corrected chi connectivity index (χ3v) is 3.55. The molecule has 0 saturated carbocycles. The van der Waals surface area contributed by atoms with Gasteiger partial charge >= 0.3 is 0 Å². The van der Waals surface area contributed by atoms with Crippen molar-refractivity contribution in [1.82, 2.24) is 30.4 Å². The summed E-state index contributed by atoms with van der Waals surface area (Å²) in [6.07, 6.45) is 6.39.